The molecule has 0 radical (unpaired) electrons. The molecule has 7 heteroatoms. The molecule has 108 valence electrons. The van der Waals surface area contributed by atoms with Crippen molar-refractivity contribution in [2.75, 3.05) is 0 Å². The van der Waals surface area contributed by atoms with Gasteiger partial charge in [0.25, 0.3) is 5.56 Å². The second-order valence-corrected chi connectivity index (χ2v) is 3.98. The van der Waals surface area contributed by atoms with Crippen molar-refractivity contribution in [1.82, 2.24) is 9.55 Å². The molecule has 0 spiro atoms. The van der Waals surface area contributed by atoms with Crippen LogP contribution in [-0.2, 0) is 4.74 Å². The fourth-order valence-corrected chi connectivity index (χ4v) is 1.93. The predicted octanol–water partition coefficient (Wildman–Crippen LogP) is 0.760. The number of rotatable bonds is 2. The minimum Gasteiger partial charge on any atom is -0.390 e. The minimum absolute atomic E-state index is 0.198. The number of ether oxygens (including phenoxy) is 1. The number of aliphatic hydroxyl groups is 1. The smallest absolute Gasteiger partial charge is 0.330 e. The number of nitrogens with zero attached hydrogens (tertiary/aromatic N) is 1. The normalized spacial score (nSPS) is 25.8. The maximum atomic E-state index is 13.1. The molecule has 1 aromatic rings. The summed E-state index contributed by atoms with van der Waals surface area (Å²) in [5.74, 6) is -1.05. The van der Waals surface area contributed by atoms with Gasteiger partial charge in [0.15, 0.2) is 0 Å². The van der Waals surface area contributed by atoms with Crippen LogP contribution in [0.1, 0.15) is 39.8 Å². The first-order chi connectivity index (χ1) is 9.02. The van der Waals surface area contributed by atoms with Gasteiger partial charge in [-0.1, -0.05) is 20.8 Å². The van der Waals surface area contributed by atoms with Crippen molar-refractivity contribution in [3.05, 3.63) is 32.9 Å². The van der Waals surface area contributed by atoms with Crippen LogP contribution < -0.4 is 11.2 Å². The van der Waals surface area contributed by atoms with Gasteiger partial charge in [0, 0.05) is 6.42 Å². The summed E-state index contributed by atoms with van der Waals surface area (Å²) in [5, 5.41) is 9.63. The molecular formula is C12H19FN2O4. The summed E-state index contributed by atoms with van der Waals surface area (Å²) in [5.41, 5.74) is -1.80. The largest absolute Gasteiger partial charge is 0.390 e. The number of aliphatic hydroxyl groups excluding tert-OH is 1. The standard InChI is InChI=1S/C10H13FN2O4.C2H6/c1-2-7-6(14)3-8(17-7)13-4-5(11)9(15)12-10(13)16;1-2/h4,6-8,14H,2-3H2,1H3,(H,12,15,16);1-2H3/t6-,7?,8-;/m1./s1. The summed E-state index contributed by atoms with van der Waals surface area (Å²) < 4.78 is 19.4. The fourth-order valence-electron chi connectivity index (χ4n) is 1.93. The fraction of sp³-hybridized carbons (Fsp3) is 0.667. The van der Waals surface area contributed by atoms with Crippen LogP contribution in [0.4, 0.5) is 4.39 Å². The van der Waals surface area contributed by atoms with Gasteiger partial charge >= 0.3 is 5.69 Å². The monoisotopic (exact) mass is 274 g/mol. The first kappa shape index (κ1) is 15.6. The number of halogens is 1. The molecule has 1 aliphatic rings. The zero-order chi connectivity index (χ0) is 14.6. The van der Waals surface area contributed by atoms with E-state index in [0.29, 0.717) is 6.42 Å². The molecule has 2 N–H and O–H groups in total. The van der Waals surface area contributed by atoms with Crippen LogP contribution >= 0.6 is 0 Å². The molecule has 0 bridgehead atoms. The highest BCUT2D eigenvalue weighted by Crippen LogP contribution is 2.28. The maximum absolute atomic E-state index is 13.1. The minimum atomic E-state index is -1.06. The average molecular weight is 274 g/mol. The van der Waals surface area contributed by atoms with E-state index >= 15 is 0 Å². The zero-order valence-corrected chi connectivity index (χ0v) is 11.2. The highest BCUT2D eigenvalue weighted by Gasteiger charge is 2.34. The van der Waals surface area contributed by atoms with Gasteiger partial charge < -0.3 is 9.84 Å². The lowest BCUT2D eigenvalue weighted by atomic mass is 10.1. The first-order valence-corrected chi connectivity index (χ1v) is 6.37. The molecule has 0 aliphatic carbocycles. The molecule has 0 amide bonds. The van der Waals surface area contributed by atoms with Crippen LogP contribution in [0.15, 0.2) is 15.8 Å². The molecular weight excluding hydrogens is 255 g/mol. The number of nitrogens with one attached hydrogen (secondary N) is 1. The van der Waals surface area contributed by atoms with Crippen molar-refractivity contribution in [3.63, 3.8) is 0 Å². The van der Waals surface area contributed by atoms with E-state index < -0.39 is 29.4 Å². The quantitative estimate of drug-likeness (QED) is 0.834. The third-order valence-electron chi connectivity index (χ3n) is 2.84. The van der Waals surface area contributed by atoms with Crippen molar-refractivity contribution >= 4 is 0 Å². The summed E-state index contributed by atoms with van der Waals surface area (Å²) >= 11 is 0. The second-order valence-electron chi connectivity index (χ2n) is 3.98. The Labute approximate surface area is 109 Å². The molecule has 19 heavy (non-hydrogen) atoms. The molecule has 0 saturated carbocycles. The molecule has 2 rings (SSSR count). The Bertz CT molecular complexity index is 525. The lowest BCUT2D eigenvalue weighted by Gasteiger charge is -2.14. The summed E-state index contributed by atoms with van der Waals surface area (Å²) in [6.45, 7) is 5.84. The van der Waals surface area contributed by atoms with Crippen LogP contribution in [0, 0.1) is 5.82 Å². The van der Waals surface area contributed by atoms with E-state index in [-0.39, 0.29) is 12.5 Å². The number of hydrogen-bond donors (Lipinski definition) is 2. The SMILES string of the molecule is CC.CCC1O[C@@H](n2cc(F)c(=O)[nH]c2=O)C[C@H]1O. The topological polar surface area (TPSA) is 84.3 Å². The number of H-pyrrole nitrogens is 1. The maximum Gasteiger partial charge on any atom is 0.330 e. The molecule has 1 aliphatic heterocycles. The van der Waals surface area contributed by atoms with Gasteiger partial charge in [0.1, 0.15) is 6.23 Å². The van der Waals surface area contributed by atoms with E-state index in [4.69, 9.17) is 4.74 Å². The lowest BCUT2D eigenvalue weighted by molar-refractivity contribution is -0.0221. The van der Waals surface area contributed by atoms with Crippen LogP contribution in [0.5, 0.6) is 0 Å². The molecule has 3 atom stereocenters. The third-order valence-corrected chi connectivity index (χ3v) is 2.84. The molecule has 1 aromatic heterocycles. The van der Waals surface area contributed by atoms with Crippen molar-refractivity contribution in [1.29, 1.82) is 0 Å². The van der Waals surface area contributed by atoms with Gasteiger partial charge in [-0.3, -0.25) is 14.3 Å². The summed E-state index contributed by atoms with van der Waals surface area (Å²) in [6.07, 6.45) is -0.207. The predicted molar refractivity (Wildman–Crippen MR) is 67.5 cm³/mol. The van der Waals surface area contributed by atoms with Gasteiger partial charge in [-0.05, 0) is 6.42 Å². The van der Waals surface area contributed by atoms with Gasteiger partial charge in [0.2, 0.25) is 5.82 Å². The summed E-state index contributed by atoms with van der Waals surface area (Å²) in [7, 11) is 0. The van der Waals surface area contributed by atoms with Crippen molar-refractivity contribution < 1.29 is 14.2 Å². The highest BCUT2D eigenvalue weighted by atomic mass is 19.1. The Balaban J connectivity index is 0.000000861. The number of aromatic nitrogens is 2. The molecule has 6 nitrogen and oxygen atoms in total. The van der Waals surface area contributed by atoms with Gasteiger partial charge in [-0.25, -0.2) is 4.79 Å². The Kier molecular flexibility index (Phi) is 5.44. The van der Waals surface area contributed by atoms with Gasteiger partial charge in [-0.2, -0.15) is 4.39 Å². The van der Waals surface area contributed by atoms with Crippen LogP contribution in [0.3, 0.4) is 0 Å². The molecule has 1 fully saturated rings. The molecule has 2 heterocycles. The first-order valence-electron chi connectivity index (χ1n) is 6.37. The third kappa shape index (κ3) is 3.30. The van der Waals surface area contributed by atoms with Gasteiger partial charge in [0.05, 0.1) is 18.4 Å². The Morgan fingerprint density at radius 2 is 2.16 bits per heavy atom. The van der Waals surface area contributed by atoms with Crippen molar-refractivity contribution in [2.24, 2.45) is 0 Å². The van der Waals surface area contributed by atoms with Crippen LogP contribution in [-0.4, -0.2) is 26.9 Å². The summed E-state index contributed by atoms with van der Waals surface area (Å²) in [6, 6.07) is 0. The Hall–Kier alpha value is -1.47. The van der Waals surface area contributed by atoms with Gasteiger partial charge in [-0.15, -0.1) is 0 Å². The van der Waals surface area contributed by atoms with E-state index in [0.717, 1.165) is 10.8 Å². The zero-order valence-electron chi connectivity index (χ0n) is 11.2. The average Bonchev–Trinajstić information content (AvgIpc) is 2.77. The Morgan fingerprint density at radius 1 is 1.53 bits per heavy atom. The van der Waals surface area contributed by atoms with Crippen LogP contribution in [0.25, 0.3) is 0 Å². The van der Waals surface area contributed by atoms with Crippen LogP contribution in [0.2, 0.25) is 0 Å². The molecule has 1 saturated heterocycles. The van der Waals surface area contributed by atoms with Crippen molar-refractivity contribution in [2.45, 2.75) is 52.0 Å². The second kappa shape index (κ2) is 6.63. The highest BCUT2D eigenvalue weighted by molar-refractivity contribution is 4.90. The van der Waals surface area contributed by atoms with E-state index in [2.05, 4.69) is 0 Å². The van der Waals surface area contributed by atoms with Crippen molar-refractivity contribution in [3.8, 4) is 0 Å². The Morgan fingerprint density at radius 3 is 2.68 bits per heavy atom. The lowest BCUT2D eigenvalue weighted by Crippen LogP contribution is -2.33. The van der Waals surface area contributed by atoms with E-state index in [1.54, 1.807) is 0 Å². The van der Waals surface area contributed by atoms with E-state index in [1.807, 2.05) is 25.8 Å². The summed E-state index contributed by atoms with van der Waals surface area (Å²) in [4.78, 5) is 24.2. The molecule has 1 unspecified atom stereocenters. The number of hydrogen-bond acceptors (Lipinski definition) is 4. The number of aromatic amines is 1. The van der Waals surface area contributed by atoms with E-state index in [9.17, 15) is 19.1 Å². The molecule has 0 aromatic carbocycles. The van der Waals surface area contributed by atoms with E-state index in [1.165, 1.54) is 0 Å².